The minimum absolute atomic E-state index is 0.115. The summed E-state index contributed by atoms with van der Waals surface area (Å²) < 4.78 is 1.48. The predicted molar refractivity (Wildman–Crippen MR) is 109 cm³/mol. The Balaban J connectivity index is 1.43. The fourth-order valence-electron chi connectivity index (χ4n) is 3.22. The van der Waals surface area contributed by atoms with Crippen molar-refractivity contribution in [2.24, 2.45) is 0 Å². The number of carbonyl (C=O) groups excluding carboxylic acids is 2. The van der Waals surface area contributed by atoms with Crippen LogP contribution in [0, 0.1) is 0 Å². The summed E-state index contributed by atoms with van der Waals surface area (Å²) in [6.45, 7) is 0.578. The molecule has 146 valence electrons. The van der Waals surface area contributed by atoms with Gasteiger partial charge in [0.1, 0.15) is 0 Å². The Morgan fingerprint density at radius 2 is 1.69 bits per heavy atom. The quantitative estimate of drug-likeness (QED) is 0.632. The molecule has 0 spiro atoms. The van der Waals surface area contributed by atoms with Gasteiger partial charge in [-0.3, -0.25) is 19.0 Å². The first-order valence-electron chi connectivity index (χ1n) is 9.67. The Morgan fingerprint density at radius 3 is 2.38 bits per heavy atom. The second-order valence-electron chi connectivity index (χ2n) is 7.12. The second kappa shape index (κ2) is 8.22. The molecule has 0 saturated heterocycles. The number of hydrogen-bond donors (Lipinski definition) is 1. The molecule has 2 aromatic carbocycles. The van der Waals surface area contributed by atoms with Crippen LogP contribution in [0.25, 0.3) is 0 Å². The van der Waals surface area contributed by atoms with Crippen molar-refractivity contribution in [3.8, 4) is 0 Å². The van der Waals surface area contributed by atoms with Crippen LogP contribution in [0.5, 0.6) is 0 Å². The zero-order valence-electron chi connectivity index (χ0n) is 15.9. The molecule has 1 aliphatic rings. The number of rotatable bonds is 7. The van der Waals surface area contributed by atoms with Crippen LogP contribution in [0.3, 0.4) is 0 Å². The van der Waals surface area contributed by atoms with Gasteiger partial charge in [-0.05, 0) is 18.9 Å². The van der Waals surface area contributed by atoms with E-state index >= 15 is 0 Å². The minimum atomic E-state index is -0.347. The molecule has 0 radical (unpaired) electrons. The van der Waals surface area contributed by atoms with Gasteiger partial charge in [0.05, 0.1) is 17.6 Å². The molecule has 3 aromatic rings. The van der Waals surface area contributed by atoms with Gasteiger partial charge in [0.2, 0.25) is 0 Å². The molecule has 1 N–H and O–H groups in total. The standard InChI is InChI=1S/C23H21N3O3/c27-21-14-20(16-10-11-16)25-15-26(21)13-12-24-23(29)19-9-5-4-8-18(19)22(28)17-6-2-1-3-7-17/h1-9,14-16H,10-13H2,(H,24,29). The molecular weight excluding hydrogens is 366 g/mol. The van der Waals surface area contributed by atoms with Gasteiger partial charge < -0.3 is 5.32 Å². The van der Waals surface area contributed by atoms with Gasteiger partial charge >= 0.3 is 0 Å². The molecule has 1 heterocycles. The number of nitrogens with zero attached hydrogens (tertiary/aromatic N) is 2. The van der Waals surface area contributed by atoms with Crippen molar-refractivity contribution in [3.63, 3.8) is 0 Å². The first-order chi connectivity index (χ1) is 14.1. The van der Waals surface area contributed by atoms with Crippen molar-refractivity contribution >= 4 is 11.7 Å². The van der Waals surface area contributed by atoms with Crippen molar-refractivity contribution in [1.29, 1.82) is 0 Å². The van der Waals surface area contributed by atoms with Gasteiger partial charge in [0.15, 0.2) is 5.78 Å². The van der Waals surface area contributed by atoms with Crippen LogP contribution < -0.4 is 10.9 Å². The molecule has 1 saturated carbocycles. The zero-order valence-corrected chi connectivity index (χ0v) is 15.9. The lowest BCUT2D eigenvalue weighted by atomic mass is 9.98. The lowest BCUT2D eigenvalue weighted by Gasteiger charge is -2.11. The Bertz CT molecular complexity index is 1100. The molecule has 1 fully saturated rings. The number of amides is 1. The van der Waals surface area contributed by atoms with Crippen molar-refractivity contribution in [3.05, 3.63) is 99.7 Å². The molecule has 6 nitrogen and oxygen atoms in total. The number of aromatic nitrogens is 2. The maximum atomic E-state index is 12.8. The van der Waals surface area contributed by atoms with E-state index in [9.17, 15) is 14.4 Å². The van der Waals surface area contributed by atoms with E-state index < -0.39 is 0 Å². The zero-order chi connectivity index (χ0) is 20.2. The minimum Gasteiger partial charge on any atom is -0.350 e. The summed E-state index contributed by atoms with van der Waals surface area (Å²) >= 11 is 0. The van der Waals surface area contributed by atoms with Crippen LogP contribution in [0.15, 0.2) is 71.8 Å². The monoisotopic (exact) mass is 387 g/mol. The Kier molecular flexibility index (Phi) is 5.33. The SMILES string of the molecule is O=C(NCCn1cnc(C2CC2)cc1=O)c1ccccc1C(=O)c1ccccc1. The molecule has 1 amide bonds. The number of hydrogen-bond acceptors (Lipinski definition) is 4. The Hall–Kier alpha value is -3.54. The molecule has 6 heteroatoms. The fraction of sp³-hybridized carbons (Fsp3) is 0.217. The fourth-order valence-corrected chi connectivity index (χ4v) is 3.22. The lowest BCUT2D eigenvalue weighted by molar-refractivity contribution is 0.0940. The average Bonchev–Trinajstić information content (AvgIpc) is 3.60. The van der Waals surface area contributed by atoms with Gasteiger partial charge in [0.25, 0.3) is 11.5 Å². The van der Waals surface area contributed by atoms with Crippen LogP contribution in [-0.2, 0) is 6.54 Å². The summed E-state index contributed by atoms with van der Waals surface area (Å²) in [4.78, 5) is 41.9. The summed E-state index contributed by atoms with van der Waals surface area (Å²) in [6, 6.07) is 17.2. The predicted octanol–water partition coefficient (Wildman–Crippen LogP) is 2.78. The highest BCUT2D eigenvalue weighted by molar-refractivity contribution is 6.15. The highest BCUT2D eigenvalue weighted by Gasteiger charge is 2.25. The van der Waals surface area contributed by atoms with Crippen LogP contribution in [-0.4, -0.2) is 27.8 Å². The van der Waals surface area contributed by atoms with Crippen LogP contribution in [0.2, 0.25) is 0 Å². The number of carbonyl (C=O) groups is 2. The number of ketones is 1. The summed E-state index contributed by atoms with van der Waals surface area (Å²) in [5.41, 5.74) is 1.93. The largest absolute Gasteiger partial charge is 0.350 e. The van der Waals surface area contributed by atoms with E-state index in [0.717, 1.165) is 18.5 Å². The molecule has 0 unspecified atom stereocenters. The Morgan fingerprint density at radius 1 is 1.00 bits per heavy atom. The summed E-state index contributed by atoms with van der Waals surface area (Å²) in [5.74, 6) is -0.122. The van der Waals surface area contributed by atoms with E-state index in [-0.39, 0.29) is 23.8 Å². The normalized spacial score (nSPS) is 13.1. The van der Waals surface area contributed by atoms with E-state index in [4.69, 9.17) is 0 Å². The van der Waals surface area contributed by atoms with Crippen molar-refractivity contribution < 1.29 is 9.59 Å². The van der Waals surface area contributed by atoms with Gasteiger partial charge in [-0.2, -0.15) is 0 Å². The van der Waals surface area contributed by atoms with Gasteiger partial charge in [0, 0.05) is 36.2 Å². The topological polar surface area (TPSA) is 81.1 Å². The molecule has 1 aromatic heterocycles. The van der Waals surface area contributed by atoms with Crippen LogP contribution in [0.4, 0.5) is 0 Å². The average molecular weight is 387 g/mol. The summed E-state index contributed by atoms with van der Waals surface area (Å²) in [5, 5.41) is 2.79. The van der Waals surface area contributed by atoms with Crippen LogP contribution >= 0.6 is 0 Å². The molecule has 0 bridgehead atoms. The molecule has 0 aliphatic heterocycles. The molecule has 29 heavy (non-hydrogen) atoms. The van der Waals surface area contributed by atoms with Gasteiger partial charge in [-0.1, -0.05) is 48.5 Å². The van der Waals surface area contributed by atoms with E-state index in [0.29, 0.717) is 29.2 Å². The number of benzene rings is 2. The molecule has 0 atom stereocenters. The summed E-state index contributed by atoms with van der Waals surface area (Å²) in [6.07, 6.45) is 3.72. The van der Waals surface area contributed by atoms with Gasteiger partial charge in [-0.15, -0.1) is 0 Å². The number of nitrogens with one attached hydrogen (secondary N) is 1. The molecule has 4 rings (SSSR count). The van der Waals surface area contributed by atoms with E-state index in [2.05, 4.69) is 10.3 Å². The van der Waals surface area contributed by atoms with E-state index in [1.807, 2.05) is 6.07 Å². The third-order valence-corrected chi connectivity index (χ3v) is 4.99. The maximum absolute atomic E-state index is 12.8. The highest BCUT2D eigenvalue weighted by atomic mass is 16.2. The summed E-state index contributed by atoms with van der Waals surface area (Å²) in [7, 11) is 0. The van der Waals surface area contributed by atoms with Crippen LogP contribution in [0.1, 0.15) is 50.7 Å². The van der Waals surface area contributed by atoms with E-state index in [1.165, 1.54) is 10.9 Å². The lowest BCUT2D eigenvalue weighted by Crippen LogP contribution is -2.31. The highest BCUT2D eigenvalue weighted by Crippen LogP contribution is 2.38. The van der Waals surface area contributed by atoms with Crippen molar-refractivity contribution in [1.82, 2.24) is 14.9 Å². The maximum Gasteiger partial charge on any atom is 0.253 e. The first-order valence-corrected chi connectivity index (χ1v) is 9.67. The van der Waals surface area contributed by atoms with Gasteiger partial charge in [-0.25, -0.2) is 4.98 Å². The molecular formula is C23H21N3O3. The van der Waals surface area contributed by atoms with E-state index in [1.54, 1.807) is 54.6 Å². The third-order valence-electron chi connectivity index (χ3n) is 4.99. The third kappa shape index (κ3) is 4.32. The smallest absolute Gasteiger partial charge is 0.253 e. The second-order valence-corrected chi connectivity index (χ2v) is 7.12. The molecule has 1 aliphatic carbocycles. The van der Waals surface area contributed by atoms with Crippen molar-refractivity contribution in [2.75, 3.05) is 6.54 Å². The first kappa shape index (κ1) is 18.8. The van der Waals surface area contributed by atoms with Crippen molar-refractivity contribution in [2.45, 2.75) is 25.3 Å². The Labute approximate surface area is 168 Å².